The Labute approximate surface area is 334 Å². The zero-order valence-corrected chi connectivity index (χ0v) is 34.4. The average molecular weight is 775 g/mol. The first-order chi connectivity index (χ1) is 26.9. The summed E-state index contributed by atoms with van der Waals surface area (Å²) in [6.07, 6.45) is 40.6. The van der Waals surface area contributed by atoms with E-state index in [1.165, 1.54) is 44.9 Å². The number of aliphatic hydroxyl groups is 4. The van der Waals surface area contributed by atoms with Crippen LogP contribution in [0.15, 0.2) is 72.9 Å². The van der Waals surface area contributed by atoms with E-state index in [4.69, 9.17) is 18.9 Å². The fourth-order valence-corrected chi connectivity index (χ4v) is 5.98. The highest BCUT2D eigenvalue weighted by Gasteiger charge is 2.44. The topological polar surface area (TPSA) is 135 Å². The van der Waals surface area contributed by atoms with Crippen LogP contribution in [0.3, 0.4) is 0 Å². The minimum Gasteiger partial charge on any atom is -0.457 e. The van der Waals surface area contributed by atoms with Crippen LogP contribution >= 0.6 is 0 Å². The van der Waals surface area contributed by atoms with Crippen molar-refractivity contribution in [3.05, 3.63) is 72.9 Å². The number of carbonyl (C=O) groups is 1. The van der Waals surface area contributed by atoms with E-state index in [0.29, 0.717) is 13.0 Å². The standard InChI is InChI=1S/C46H78O9/c1-3-5-7-9-11-13-15-17-18-19-20-21-22-23-25-27-29-31-33-35-42(48)54-40(39-53-46-45(51)44(50)43(49)41(37-47)55-46)38-52-36-34-32-30-28-26-24-16-14-12-10-8-6-4-2/h5,7,11-14,17-18,20-21,23,25,40-41,43-47,49-51H,3-4,6,8-10,15-16,19,22,24,26-39H2,1-2H3/b7-5-,13-11-,14-12-,18-17-,21-20-,25-23-. The molecule has 1 fully saturated rings. The Morgan fingerprint density at radius 3 is 1.69 bits per heavy atom. The maximum Gasteiger partial charge on any atom is 0.306 e. The summed E-state index contributed by atoms with van der Waals surface area (Å²) in [6.45, 7) is 4.34. The molecule has 1 aliphatic rings. The number of ether oxygens (including phenoxy) is 4. The van der Waals surface area contributed by atoms with Crippen LogP contribution in [0.5, 0.6) is 0 Å². The first kappa shape index (κ1) is 50.6. The predicted molar refractivity (Wildman–Crippen MR) is 224 cm³/mol. The number of unbranched alkanes of at least 4 members (excludes halogenated alkanes) is 12. The third-order valence-corrected chi connectivity index (χ3v) is 9.36. The van der Waals surface area contributed by atoms with Crippen molar-refractivity contribution in [1.82, 2.24) is 0 Å². The molecular formula is C46H78O9. The lowest BCUT2D eigenvalue weighted by Gasteiger charge is -2.39. The van der Waals surface area contributed by atoms with Gasteiger partial charge in [-0.3, -0.25) is 4.79 Å². The summed E-state index contributed by atoms with van der Waals surface area (Å²) in [5.41, 5.74) is 0. The van der Waals surface area contributed by atoms with Gasteiger partial charge in [0.05, 0.1) is 19.8 Å². The molecule has 6 unspecified atom stereocenters. The van der Waals surface area contributed by atoms with Crippen LogP contribution in [-0.2, 0) is 23.7 Å². The van der Waals surface area contributed by atoms with Crippen LogP contribution in [0.25, 0.3) is 0 Å². The van der Waals surface area contributed by atoms with E-state index < -0.39 is 43.4 Å². The maximum atomic E-state index is 12.7. The van der Waals surface area contributed by atoms with Crippen molar-refractivity contribution in [2.45, 2.75) is 185 Å². The zero-order chi connectivity index (χ0) is 40.0. The van der Waals surface area contributed by atoms with Gasteiger partial charge in [-0.2, -0.15) is 0 Å². The molecule has 9 heteroatoms. The monoisotopic (exact) mass is 775 g/mol. The Kier molecular flexibility index (Phi) is 34.3. The molecule has 55 heavy (non-hydrogen) atoms. The fourth-order valence-electron chi connectivity index (χ4n) is 5.98. The van der Waals surface area contributed by atoms with Crippen LogP contribution < -0.4 is 0 Å². The van der Waals surface area contributed by atoms with Crippen molar-refractivity contribution in [3.8, 4) is 0 Å². The van der Waals surface area contributed by atoms with Gasteiger partial charge in [0.2, 0.25) is 0 Å². The number of hydrogen-bond donors (Lipinski definition) is 4. The molecule has 0 bridgehead atoms. The molecule has 0 aliphatic carbocycles. The van der Waals surface area contributed by atoms with Gasteiger partial charge in [-0.15, -0.1) is 0 Å². The smallest absolute Gasteiger partial charge is 0.306 e. The van der Waals surface area contributed by atoms with E-state index in [2.05, 4.69) is 86.8 Å². The molecule has 0 aromatic heterocycles. The summed E-state index contributed by atoms with van der Waals surface area (Å²) in [5.74, 6) is -0.350. The first-order valence-electron chi connectivity index (χ1n) is 21.5. The van der Waals surface area contributed by atoms with Crippen molar-refractivity contribution in [1.29, 1.82) is 0 Å². The Morgan fingerprint density at radius 1 is 0.600 bits per heavy atom. The quantitative estimate of drug-likeness (QED) is 0.0282. The van der Waals surface area contributed by atoms with Gasteiger partial charge in [0, 0.05) is 13.0 Å². The summed E-state index contributed by atoms with van der Waals surface area (Å²) in [7, 11) is 0. The lowest BCUT2D eigenvalue weighted by atomic mass is 9.99. The number of hydrogen-bond acceptors (Lipinski definition) is 9. The lowest BCUT2D eigenvalue weighted by Crippen LogP contribution is -2.59. The van der Waals surface area contributed by atoms with Gasteiger partial charge in [-0.1, -0.05) is 132 Å². The summed E-state index contributed by atoms with van der Waals surface area (Å²) >= 11 is 0. The van der Waals surface area contributed by atoms with Crippen LogP contribution in [0.4, 0.5) is 0 Å². The minimum absolute atomic E-state index is 0.123. The van der Waals surface area contributed by atoms with Crippen LogP contribution in [0, 0.1) is 0 Å². The zero-order valence-electron chi connectivity index (χ0n) is 34.4. The van der Waals surface area contributed by atoms with Crippen LogP contribution in [0.2, 0.25) is 0 Å². The molecule has 0 radical (unpaired) electrons. The molecule has 316 valence electrons. The van der Waals surface area contributed by atoms with Gasteiger partial charge in [-0.05, 0) is 83.5 Å². The molecule has 0 saturated carbocycles. The molecule has 0 amide bonds. The minimum atomic E-state index is -1.55. The van der Waals surface area contributed by atoms with Crippen molar-refractivity contribution >= 4 is 5.97 Å². The molecule has 0 spiro atoms. The fraction of sp³-hybridized carbons (Fsp3) is 0.717. The normalized spacial score (nSPS) is 21.5. The van der Waals surface area contributed by atoms with Gasteiger partial charge >= 0.3 is 5.97 Å². The molecule has 6 atom stereocenters. The Hall–Kier alpha value is -2.37. The largest absolute Gasteiger partial charge is 0.457 e. The highest BCUT2D eigenvalue weighted by Crippen LogP contribution is 2.22. The summed E-state index contributed by atoms with van der Waals surface area (Å²) in [5, 5.41) is 40.1. The van der Waals surface area contributed by atoms with E-state index in [1.54, 1.807) is 0 Å². The molecular weight excluding hydrogens is 696 g/mol. The second-order valence-electron chi connectivity index (χ2n) is 14.4. The molecule has 1 saturated heterocycles. The Bertz CT molecular complexity index is 1060. The number of esters is 1. The van der Waals surface area contributed by atoms with Gasteiger partial charge < -0.3 is 39.4 Å². The predicted octanol–water partition coefficient (Wildman–Crippen LogP) is 9.30. The second-order valence-corrected chi connectivity index (χ2v) is 14.4. The Balaban J connectivity index is 2.33. The molecule has 4 N–H and O–H groups in total. The van der Waals surface area contributed by atoms with E-state index >= 15 is 0 Å². The van der Waals surface area contributed by atoms with Crippen molar-refractivity contribution in [3.63, 3.8) is 0 Å². The highest BCUT2D eigenvalue weighted by atomic mass is 16.7. The van der Waals surface area contributed by atoms with E-state index in [1.807, 2.05) is 0 Å². The van der Waals surface area contributed by atoms with Crippen molar-refractivity contribution in [2.75, 3.05) is 26.4 Å². The maximum absolute atomic E-state index is 12.7. The number of carbonyl (C=O) groups excluding carboxylic acids is 1. The van der Waals surface area contributed by atoms with Crippen molar-refractivity contribution in [2.24, 2.45) is 0 Å². The number of aliphatic hydroxyl groups excluding tert-OH is 4. The van der Waals surface area contributed by atoms with E-state index in [0.717, 1.165) is 77.0 Å². The van der Waals surface area contributed by atoms with Gasteiger partial charge in [-0.25, -0.2) is 0 Å². The summed E-state index contributed by atoms with van der Waals surface area (Å²) in [4.78, 5) is 12.7. The number of rotatable bonds is 35. The second kappa shape index (κ2) is 37.2. The first-order valence-corrected chi connectivity index (χ1v) is 21.5. The van der Waals surface area contributed by atoms with Gasteiger partial charge in [0.25, 0.3) is 0 Å². The van der Waals surface area contributed by atoms with Crippen LogP contribution in [0.1, 0.15) is 149 Å². The molecule has 1 aliphatic heterocycles. The molecule has 0 aromatic rings. The molecule has 1 rings (SSSR count). The summed E-state index contributed by atoms with van der Waals surface area (Å²) < 4.78 is 22.7. The SMILES string of the molecule is CC/C=C\C/C=C\C/C=C\C/C=C\C/C=C\CCCCCC(=O)OC(COCCCCCCCC/C=C\CCCCC)COC1OC(CO)C(O)C(O)C1O. The van der Waals surface area contributed by atoms with E-state index in [-0.39, 0.29) is 25.6 Å². The summed E-state index contributed by atoms with van der Waals surface area (Å²) in [6, 6.07) is 0. The molecule has 0 aromatic carbocycles. The highest BCUT2D eigenvalue weighted by molar-refractivity contribution is 5.69. The van der Waals surface area contributed by atoms with Crippen molar-refractivity contribution < 1.29 is 44.2 Å². The average Bonchev–Trinajstić information content (AvgIpc) is 3.18. The lowest BCUT2D eigenvalue weighted by molar-refractivity contribution is -0.305. The van der Waals surface area contributed by atoms with E-state index in [9.17, 15) is 25.2 Å². The van der Waals surface area contributed by atoms with Gasteiger partial charge in [0.15, 0.2) is 6.29 Å². The third kappa shape index (κ3) is 28.6. The molecule has 9 nitrogen and oxygen atoms in total. The third-order valence-electron chi connectivity index (χ3n) is 9.36. The Morgan fingerprint density at radius 2 is 1.11 bits per heavy atom. The van der Waals surface area contributed by atoms with Gasteiger partial charge in [0.1, 0.15) is 30.5 Å². The van der Waals surface area contributed by atoms with Crippen LogP contribution in [-0.4, -0.2) is 89.6 Å². The number of allylic oxidation sites excluding steroid dienone is 12. The molecule has 1 heterocycles.